The maximum absolute atomic E-state index is 10.5. The van der Waals surface area contributed by atoms with Gasteiger partial charge in [-0.25, -0.2) is 8.42 Å². The van der Waals surface area contributed by atoms with Gasteiger partial charge < -0.3 is 9.66 Å². The molecule has 1 N–H and O–H groups in total. The minimum absolute atomic E-state index is 0. The van der Waals surface area contributed by atoms with Gasteiger partial charge >= 0.3 is 51.4 Å². The monoisotopic (exact) mass is 458 g/mol. The zero-order valence-corrected chi connectivity index (χ0v) is 23.3. The van der Waals surface area contributed by atoms with E-state index in [1.165, 1.54) is 109 Å². The first kappa shape index (κ1) is 32.7. The van der Waals surface area contributed by atoms with Crippen molar-refractivity contribution in [2.75, 3.05) is 12.4 Å². The van der Waals surface area contributed by atoms with E-state index in [0.717, 1.165) is 19.3 Å². The van der Waals surface area contributed by atoms with Crippen molar-refractivity contribution in [1.29, 1.82) is 0 Å². The molecular formula is C23H47KO4S. The van der Waals surface area contributed by atoms with E-state index < -0.39 is 10.1 Å². The van der Waals surface area contributed by atoms with Crippen molar-refractivity contribution in [3.8, 4) is 0 Å². The molecule has 0 saturated heterocycles. The zero-order chi connectivity index (χ0) is 20.8. The Hall–Kier alpha value is 1.51. The van der Waals surface area contributed by atoms with Crippen molar-refractivity contribution >= 4 is 10.1 Å². The Balaban J connectivity index is 0. The normalized spacial score (nSPS) is 11.5. The minimum Gasteiger partial charge on any atom is -0.748 e. The first-order valence-electron chi connectivity index (χ1n) is 12.1. The molecule has 29 heavy (non-hydrogen) atoms. The Morgan fingerprint density at radius 3 is 0.862 bits per heavy atom. The van der Waals surface area contributed by atoms with Gasteiger partial charge in [0, 0.05) is 12.4 Å². The van der Waals surface area contributed by atoms with Crippen LogP contribution in [0, 0.1) is 0 Å². The molecule has 0 aromatic carbocycles. The number of rotatable bonds is 23. The Labute approximate surface area is 224 Å². The van der Waals surface area contributed by atoms with Crippen LogP contribution in [-0.2, 0) is 10.1 Å². The van der Waals surface area contributed by atoms with Crippen molar-refractivity contribution in [1.82, 2.24) is 0 Å². The van der Waals surface area contributed by atoms with E-state index in [1.807, 2.05) is 0 Å². The molecule has 0 saturated carbocycles. The average Bonchev–Trinajstić information content (AvgIpc) is 2.65. The summed E-state index contributed by atoms with van der Waals surface area (Å²) in [5.74, 6) is -0.195. The predicted molar refractivity (Wildman–Crippen MR) is 119 cm³/mol. The number of hydrogen-bond donors (Lipinski definition) is 1. The Morgan fingerprint density at radius 2 is 0.655 bits per heavy atom. The minimum atomic E-state index is -4.01. The van der Waals surface area contributed by atoms with E-state index in [9.17, 15) is 13.0 Å². The van der Waals surface area contributed by atoms with Gasteiger partial charge in [0.25, 0.3) is 0 Å². The fraction of sp³-hybridized carbons (Fsp3) is 1.00. The largest absolute Gasteiger partial charge is 1.00 e. The van der Waals surface area contributed by atoms with Crippen molar-refractivity contribution in [3.05, 3.63) is 0 Å². The van der Waals surface area contributed by atoms with Crippen LogP contribution in [-0.4, -0.2) is 30.4 Å². The molecule has 0 aliphatic carbocycles. The van der Waals surface area contributed by atoms with Gasteiger partial charge in [0.05, 0.1) is 10.1 Å². The van der Waals surface area contributed by atoms with Crippen LogP contribution < -0.4 is 51.4 Å². The summed E-state index contributed by atoms with van der Waals surface area (Å²) in [5.41, 5.74) is 0. The molecule has 0 rings (SSSR count). The molecule has 0 atom stereocenters. The van der Waals surface area contributed by atoms with Gasteiger partial charge in [-0.15, -0.1) is 0 Å². The molecule has 4 nitrogen and oxygen atoms in total. The van der Waals surface area contributed by atoms with Gasteiger partial charge in [0.15, 0.2) is 0 Å². The van der Waals surface area contributed by atoms with Crippen LogP contribution in [0.25, 0.3) is 0 Å². The quantitative estimate of drug-likeness (QED) is 0.144. The molecular weight excluding hydrogens is 411 g/mol. The van der Waals surface area contributed by atoms with Gasteiger partial charge in [-0.3, -0.25) is 0 Å². The summed E-state index contributed by atoms with van der Waals surface area (Å²) in [6, 6.07) is 0. The Morgan fingerprint density at radius 1 is 0.448 bits per heavy atom. The molecule has 0 aliphatic heterocycles. The molecule has 0 unspecified atom stereocenters. The summed E-state index contributed by atoms with van der Waals surface area (Å²) in [6.45, 7) is 0.350. The van der Waals surface area contributed by atoms with Gasteiger partial charge in [0.2, 0.25) is 0 Å². The second-order valence-corrected chi connectivity index (χ2v) is 9.93. The van der Waals surface area contributed by atoms with Crippen LogP contribution in [0.15, 0.2) is 0 Å². The molecule has 170 valence electrons. The van der Waals surface area contributed by atoms with Crippen LogP contribution >= 0.6 is 0 Å². The molecule has 0 spiro atoms. The first-order chi connectivity index (χ1) is 13.6. The summed E-state index contributed by atoms with van der Waals surface area (Å²) < 4.78 is 31.4. The van der Waals surface area contributed by atoms with Gasteiger partial charge in [-0.2, -0.15) is 0 Å². The molecule has 0 aliphatic rings. The summed E-state index contributed by atoms with van der Waals surface area (Å²) in [7, 11) is -4.01. The third-order valence-electron chi connectivity index (χ3n) is 5.55. The Kier molecular flexibility index (Phi) is 29.0. The number of unbranched alkanes of at least 4 members (excludes halogenated alkanes) is 20. The summed E-state index contributed by atoms with van der Waals surface area (Å²) in [4.78, 5) is 0. The second-order valence-electron chi connectivity index (χ2n) is 8.41. The van der Waals surface area contributed by atoms with Crippen LogP contribution in [0.2, 0.25) is 0 Å². The molecule has 0 heterocycles. The maximum Gasteiger partial charge on any atom is 1.00 e. The standard InChI is InChI=1S/C23H48O4S.K/c24-22-20-18-16-14-12-10-8-6-4-2-1-3-5-7-9-11-13-15-17-19-21-23-28(25,26)27;/h24H,1-23H2,(H,25,26,27);/q;+1/p-1. The van der Waals surface area contributed by atoms with E-state index in [4.69, 9.17) is 5.11 Å². The number of aliphatic hydroxyl groups excluding tert-OH is 1. The average molecular weight is 459 g/mol. The van der Waals surface area contributed by atoms with Crippen molar-refractivity contribution < 1.29 is 69.5 Å². The summed E-state index contributed by atoms with van der Waals surface area (Å²) in [5, 5.41) is 8.72. The van der Waals surface area contributed by atoms with Gasteiger partial charge in [-0.1, -0.05) is 122 Å². The van der Waals surface area contributed by atoms with E-state index >= 15 is 0 Å². The first-order valence-corrected chi connectivity index (χ1v) is 13.7. The summed E-state index contributed by atoms with van der Waals surface area (Å²) >= 11 is 0. The molecule has 0 amide bonds. The molecule has 0 fully saturated rings. The number of hydrogen-bond acceptors (Lipinski definition) is 4. The van der Waals surface area contributed by atoms with E-state index in [-0.39, 0.29) is 57.1 Å². The fourth-order valence-electron chi connectivity index (χ4n) is 3.75. The maximum atomic E-state index is 10.5. The van der Waals surface area contributed by atoms with E-state index in [0.29, 0.717) is 13.0 Å². The summed E-state index contributed by atoms with van der Waals surface area (Å²) in [6.07, 6.45) is 26.1. The zero-order valence-electron chi connectivity index (χ0n) is 19.3. The van der Waals surface area contributed by atoms with Crippen LogP contribution in [0.4, 0.5) is 0 Å². The van der Waals surface area contributed by atoms with Gasteiger partial charge in [0.1, 0.15) is 0 Å². The van der Waals surface area contributed by atoms with Crippen LogP contribution in [0.3, 0.4) is 0 Å². The predicted octanol–water partition coefficient (Wildman–Crippen LogP) is 3.72. The molecule has 0 aromatic rings. The second kappa shape index (κ2) is 25.8. The molecule has 6 heteroatoms. The third kappa shape index (κ3) is 31.8. The fourth-order valence-corrected chi connectivity index (χ4v) is 4.31. The van der Waals surface area contributed by atoms with Crippen molar-refractivity contribution in [3.63, 3.8) is 0 Å². The van der Waals surface area contributed by atoms with Crippen molar-refractivity contribution in [2.45, 2.75) is 135 Å². The Bertz CT molecular complexity index is 402. The topological polar surface area (TPSA) is 77.4 Å². The number of aliphatic hydroxyl groups is 1. The van der Waals surface area contributed by atoms with Gasteiger partial charge in [-0.05, 0) is 12.8 Å². The van der Waals surface area contributed by atoms with E-state index in [2.05, 4.69) is 0 Å². The third-order valence-corrected chi connectivity index (χ3v) is 6.34. The molecule has 0 aromatic heterocycles. The SMILES string of the molecule is O=S(=O)([O-])CCCCCCCCCCCCCCCCCCCCCCCO.[K+]. The van der Waals surface area contributed by atoms with Crippen LogP contribution in [0.5, 0.6) is 0 Å². The molecule has 0 bridgehead atoms. The van der Waals surface area contributed by atoms with E-state index in [1.54, 1.807) is 0 Å². The van der Waals surface area contributed by atoms with Crippen molar-refractivity contribution in [2.24, 2.45) is 0 Å². The van der Waals surface area contributed by atoms with Crippen LogP contribution in [0.1, 0.15) is 135 Å². The smallest absolute Gasteiger partial charge is 0.748 e. The molecule has 0 radical (unpaired) electrons.